The summed E-state index contributed by atoms with van der Waals surface area (Å²) >= 11 is 0. The number of nitrogens with zero attached hydrogens (tertiary/aromatic N) is 3. The number of hydrogen-bond acceptors (Lipinski definition) is 5. The van der Waals surface area contributed by atoms with Gasteiger partial charge in [0.25, 0.3) is 0 Å². The van der Waals surface area contributed by atoms with Gasteiger partial charge in [-0.1, -0.05) is 36.4 Å². The normalized spacial score (nSPS) is 20.1. The monoisotopic (exact) mass is 380 g/mol. The van der Waals surface area contributed by atoms with Crippen LogP contribution in [0, 0.1) is 0 Å². The molecule has 0 bridgehead atoms. The molecule has 6 heteroatoms. The molecule has 1 aromatic heterocycles. The Bertz CT molecular complexity index is 777. The fourth-order valence-electron chi connectivity index (χ4n) is 4.09. The smallest absolute Gasteiger partial charge is 0.410 e. The molecular formula is C22H28N4O2. The number of hydrogen-bond donors (Lipinski definition) is 1. The van der Waals surface area contributed by atoms with Gasteiger partial charge in [-0.2, -0.15) is 0 Å². The highest BCUT2D eigenvalue weighted by Gasteiger charge is 2.32. The maximum atomic E-state index is 12.9. The van der Waals surface area contributed by atoms with Gasteiger partial charge >= 0.3 is 6.09 Å². The van der Waals surface area contributed by atoms with Crippen LogP contribution in [0.15, 0.2) is 48.7 Å². The Morgan fingerprint density at radius 2 is 1.89 bits per heavy atom. The van der Waals surface area contributed by atoms with Gasteiger partial charge in [-0.3, -0.25) is 0 Å². The quantitative estimate of drug-likeness (QED) is 0.881. The van der Waals surface area contributed by atoms with Crippen molar-refractivity contribution in [1.29, 1.82) is 0 Å². The van der Waals surface area contributed by atoms with Crippen molar-refractivity contribution < 1.29 is 9.53 Å². The second kappa shape index (κ2) is 9.06. The first-order valence-corrected chi connectivity index (χ1v) is 10.2. The molecule has 0 saturated carbocycles. The third-order valence-electron chi connectivity index (χ3n) is 5.53. The van der Waals surface area contributed by atoms with Crippen LogP contribution in [0.2, 0.25) is 0 Å². The Hall–Kier alpha value is -2.60. The molecule has 4 rings (SSSR count). The van der Waals surface area contributed by atoms with Crippen LogP contribution < -0.4 is 10.2 Å². The molecule has 0 unspecified atom stereocenters. The highest BCUT2D eigenvalue weighted by molar-refractivity contribution is 5.69. The molecule has 28 heavy (non-hydrogen) atoms. The Labute approximate surface area is 166 Å². The minimum Gasteiger partial charge on any atom is -0.445 e. The maximum absolute atomic E-state index is 12.9. The van der Waals surface area contributed by atoms with Gasteiger partial charge in [0, 0.05) is 44.5 Å². The molecule has 2 aliphatic rings. The molecular weight excluding hydrogens is 352 g/mol. The molecule has 1 amide bonds. The number of anilines is 1. The Morgan fingerprint density at radius 1 is 1.07 bits per heavy atom. The van der Waals surface area contributed by atoms with Crippen LogP contribution in [0.4, 0.5) is 10.6 Å². The van der Waals surface area contributed by atoms with E-state index in [1.807, 2.05) is 47.5 Å². The van der Waals surface area contributed by atoms with Crippen LogP contribution in [-0.2, 0) is 11.3 Å². The largest absolute Gasteiger partial charge is 0.445 e. The van der Waals surface area contributed by atoms with Crippen molar-refractivity contribution in [3.63, 3.8) is 0 Å². The first-order chi connectivity index (χ1) is 13.8. The summed E-state index contributed by atoms with van der Waals surface area (Å²) in [5, 5.41) is 3.39. The number of ether oxygens (including phenoxy) is 1. The first-order valence-electron chi connectivity index (χ1n) is 10.2. The van der Waals surface area contributed by atoms with E-state index in [-0.39, 0.29) is 12.1 Å². The number of pyridine rings is 1. The van der Waals surface area contributed by atoms with Crippen molar-refractivity contribution in [2.45, 2.75) is 31.9 Å². The van der Waals surface area contributed by atoms with Gasteiger partial charge in [-0.25, -0.2) is 9.78 Å². The van der Waals surface area contributed by atoms with E-state index in [2.05, 4.69) is 21.3 Å². The van der Waals surface area contributed by atoms with E-state index in [1.165, 1.54) is 0 Å². The van der Waals surface area contributed by atoms with Crippen LogP contribution >= 0.6 is 0 Å². The molecule has 1 atom stereocenters. The zero-order chi connectivity index (χ0) is 19.2. The third kappa shape index (κ3) is 4.28. The van der Waals surface area contributed by atoms with Crippen LogP contribution in [0.25, 0.3) is 0 Å². The summed E-state index contributed by atoms with van der Waals surface area (Å²) in [6, 6.07) is 14.0. The highest BCUT2D eigenvalue weighted by atomic mass is 16.6. The fourth-order valence-corrected chi connectivity index (χ4v) is 4.09. The van der Waals surface area contributed by atoms with Crippen LogP contribution in [0.5, 0.6) is 0 Å². The van der Waals surface area contributed by atoms with Crippen molar-refractivity contribution in [3.05, 3.63) is 59.8 Å². The van der Waals surface area contributed by atoms with Crippen molar-refractivity contribution in [3.8, 4) is 0 Å². The average Bonchev–Trinajstić information content (AvgIpc) is 2.79. The molecule has 1 aromatic carbocycles. The van der Waals surface area contributed by atoms with Gasteiger partial charge in [0.05, 0.1) is 6.04 Å². The number of nitrogens with one attached hydrogen (secondary N) is 1. The average molecular weight is 380 g/mol. The predicted octanol–water partition coefficient (Wildman–Crippen LogP) is 3.36. The first kappa shape index (κ1) is 18.7. The van der Waals surface area contributed by atoms with E-state index >= 15 is 0 Å². The highest BCUT2D eigenvalue weighted by Crippen LogP contribution is 2.36. The van der Waals surface area contributed by atoms with Gasteiger partial charge in [0.1, 0.15) is 12.4 Å². The summed E-state index contributed by atoms with van der Waals surface area (Å²) in [7, 11) is 0. The Kier molecular flexibility index (Phi) is 6.07. The number of carbonyl (C=O) groups excluding carboxylic acids is 1. The number of likely N-dealkylation sites (tertiary alicyclic amines) is 1. The van der Waals surface area contributed by atoms with Gasteiger partial charge in [-0.15, -0.1) is 0 Å². The second-order valence-electron chi connectivity index (χ2n) is 7.40. The van der Waals surface area contributed by atoms with Crippen molar-refractivity contribution in [2.24, 2.45) is 0 Å². The van der Waals surface area contributed by atoms with E-state index in [0.717, 1.165) is 68.9 Å². The van der Waals surface area contributed by atoms with Gasteiger partial charge < -0.3 is 19.9 Å². The number of aromatic nitrogens is 1. The Balaban J connectivity index is 1.51. The standard InChI is InChI=1S/C22H28N4O2/c27-22(28-17-18-7-2-1-3-8-18)26-14-5-4-10-20(26)19-9-6-11-24-21(19)25-15-12-23-13-16-25/h1-3,6-9,11,20,23H,4-5,10,12-17H2/t20-/m1/s1. The summed E-state index contributed by atoms with van der Waals surface area (Å²) in [5.41, 5.74) is 2.15. The van der Waals surface area contributed by atoms with E-state index in [0.29, 0.717) is 6.61 Å². The predicted molar refractivity (Wildman–Crippen MR) is 109 cm³/mol. The van der Waals surface area contributed by atoms with Gasteiger partial charge in [0.2, 0.25) is 0 Å². The SMILES string of the molecule is O=C(OCc1ccccc1)N1CCCC[C@@H]1c1cccnc1N1CCNCC1. The molecule has 0 aliphatic carbocycles. The van der Waals surface area contributed by atoms with Crippen molar-refractivity contribution in [1.82, 2.24) is 15.2 Å². The van der Waals surface area contributed by atoms with Crippen molar-refractivity contribution in [2.75, 3.05) is 37.6 Å². The maximum Gasteiger partial charge on any atom is 0.410 e. The zero-order valence-electron chi connectivity index (χ0n) is 16.2. The number of amides is 1. The second-order valence-corrected chi connectivity index (χ2v) is 7.40. The summed E-state index contributed by atoms with van der Waals surface area (Å²) in [6.07, 6.45) is 4.69. The van der Waals surface area contributed by atoms with Crippen molar-refractivity contribution >= 4 is 11.9 Å². The van der Waals surface area contributed by atoms with E-state index in [9.17, 15) is 4.79 Å². The molecule has 3 heterocycles. The molecule has 2 fully saturated rings. The summed E-state index contributed by atoms with van der Waals surface area (Å²) < 4.78 is 5.65. The zero-order valence-corrected chi connectivity index (χ0v) is 16.2. The molecule has 2 saturated heterocycles. The van der Waals surface area contributed by atoms with Crippen LogP contribution in [0.1, 0.15) is 36.4 Å². The number of piperazine rings is 1. The molecule has 6 nitrogen and oxygen atoms in total. The summed E-state index contributed by atoms with van der Waals surface area (Å²) in [6.45, 7) is 4.84. The van der Waals surface area contributed by atoms with Gasteiger partial charge in [-0.05, 0) is 30.9 Å². The molecule has 0 spiro atoms. The molecule has 0 radical (unpaired) electrons. The lowest BCUT2D eigenvalue weighted by Crippen LogP contribution is -2.45. The minimum absolute atomic E-state index is 0.0237. The van der Waals surface area contributed by atoms with E-state index < -0.39 is 0 Å². The minimum atomic E-state index is -0.233. The summed E-state index contributed by atoms with van der Waals surface area (Å²) in [5.74, 6) is 1.01. The number of benzene rings is 1. The Morgan fingerprint density at radius 3 is 2.71 bits per heavy atom. The molecule has 148 valence electrons. The molecule has 1 N–H and O–H groups in total. The number of carbonyl (C=O) groups is 1. The summed E-state index contributed by atoms with van der Waals surface area (Å²) in [4.78, 5) is 21.8. The van der Waals surface area contributed by atoms with Crippen LogP contribution in [-0.4, -0.2) is 48.7 Å². The number of piperidine rings is 1. The third-order valence-corrected chi connectivity index (χ3v) is 5.53. The van der Waals surface area contributed by atoms with Crippen LogP contribution in [0.3, 0.4) is 0 Å². The lowest BCUT2D eigenvalue weighted by atomic mass is 9.95. The lowest BCUT2D eigenvalue weighted by molar-refractivity contribution is 0.0679. The fraction of sp³-hybridized carbons (Fsp3) is 0.455. The molecule has 2 aromatic rings. The van der Waals surface area contributed by atoms with Gasteiger partial charge in [0.15, 0.2) is 0 Å². The topological polar surface area (TPSA) is 57.7 Å². The number of rotatable bonds is 4. The lowest BCUT2D eigenvalue weighted by Gasteiger charge is -2.38. The molecule has 2 aliphatic heterocycles. The van der Waals surface area contributed by atoms with E-state index in [4.69, 9.17) is 4.74 Å². The van der Waals surface area contributed by atoms with E-state index in [1.54, 1.807) is 0 Å².